The van der Waals surface area contributed by atoms with Crippen molar-refractivity contribution in [1.29, 1.82) is 0 Å². The van der Waals surface area contributed by atoms with E-state index in [-0.39, 0.29) is 0 Å². The van der Waals surface area contributed by atoms with Gasteiger partial charge in [-0.15, -0.1) is 10.2 Å². The smallest absolute Gasteiger partial charge is 0.174 e. The lowest BCUT2D eigenvalue weighted by Gasteiger charge is -2.15. The number of hydrogen-bond acceptors (Lipinski definition) is 4. The highest BCUT2D eigenvalue weighted by Crippen LogP contribution is 2.35. The zero-order valence-electron chi connectivity index (χ0n) is 15.6. The number of aromatic nitrogens is 6. The standard InChI is InChI=1S/C21H22N6/c1-15-8-6-9-16(2)19(15)21-20(17-10-4-3-5-11-17)22-14-27(21)13-7-12-18-23-25-26-24-18/h3-6,8-11,14H,7,12-13H2,1-2H3,(H,23,24,25,26). The highest BCUT2D eigenvalue weighted by molar-refractivity contribution is 5.81. The van der Waals surface area contributed by atoms with Gasteiger partial charge in [-0.3, -0.25) is 0 Å². The fourth-order valence-electron chi connectivity index (χ4n) is 3.51. The number of aryl methyl sites for hydroxylation is 4. The van der Waals surface area contributed by atoms with Gasteiger partial charge in [0.05, 0.1) is 17.7 Å². The van der Waals surface area contributed by atoms with Crippen molar-refractivity contribution in [1.82, 2.24) is 30.2 Å². The predicted octanol–water partition coefficient (Wildman–Crippen LogP) is 3.98. The minimum Gasteiger partial charge on any atom is -0.330 e. The zero-order valence-corrected chi connectivity index (χ0v) is 15.6. The summed E-state index contributed by atoms with van der Waals surface area (Å²) in [4.78, 5) is 4.77. The maximum Gasteiger partial charge on any atom is 0.174 e. The molecule has 27 heavy (non-hydrogen) atoms. The number of nitrogens with one attached hydrogen (secondary N) is 1. The minimum atomic E-state index is 0.743. The Balaban J connectivity index is 1.74. The summed E-state index contributed by atoms with van der Waals surface area (Å²) in [6.45, 7) is 5.17. The maximum atomic E-state index is 4.77. The number of benzene rings is 2. The number of rotatable bonds is 6. The lowest BCUT2D eigenvalue weighted by atomic mass is 9.96. The number of tetrazole rings is 1. The third-order valence-corrected chi connectivity index (χ3v) is 4.79. The monoisotopic (exact) mass is 358 g/mol. The van der Waals surface area contributed by atoms with Crippen LogP contribution >= 0.6 is 0 Å². The van der Waals surface area contributed by atoms with E-state index in [2.05, 4.69) is 81.5 Å². The van der Waals surface area contributed by atoms with Gasteiger partial charge < -0.3 is 4.57 Å². The topological polar surface area (TPSA) is 72.3 Å². The molecule has 2 aromatic heterocycles. The van der Waals surface area contributed by atoms with Gasteiger partial charge in [-0.2, -0.15) is 5.21 Å². The summed E-state index contributed by atoms with van der Waals surface area (Å²) in [5.41, 5.74) is 7.09. The van der Waals surface area contributed by atoms with Crippen LogP contribution < -0.4 is 0 Å². The molecule has 0 atom stereocenters. The molecule has 0 bridgehead atoms. The van der Waals surface area contributed by atoms with Crippen LogP contribution in [0.4, 0.5) is 0 Å². The van der Waals surface area contributed by atoms with Crippen LogP contribution in [0.2, 0.25) is 0 Å². The Morgan fingerprint density at radius 2 is 1.74 bits per heavy atom. The van der Waals surface area contributed by atoms with Crippen molar-refractivity contribution in [3.8, 4) is 22.5 Å². The van der Waals surface area contributed by atoms with Crippen LogP contribution in [0.1, 0.15) is 23.4 Å². The SMILES string of the molecule is Cc1cccc(C)c1-c1c(-c2ccccc2)ncn1CCCc1nn[nH]n1. The summed E-state index contributed by atoms with van der Waals surface area (Å²) in [6, 6.07) is 16.8. The molecule has 0 amide bonds. The second kappa shape index (κ2) is 7.53. The van der Waals surface area contributed by atoms with Crippen molar-refractivity contribution in [2.24, 2.45) is 0 Å². The molecule has 0 unspecified atom stereocenters. The van der Waals surface area contributed by atoms with Crippen molar-refractivity contribution in [3.63, 3.8) is 0 Å². The quantitative estimate of drug-likeness (QED) is 0.566. The average Bonchev–Trinajstić information content (AvgIpc) is 3.33. The molecule has 0 saturated carbocycles. The summed E-state index contributed by atoms with van der Waals surface area (Å²) in [6.07, 6.45) is 3.64. The van der Waals surface area contributed by atoms with Gasteiger partial charge in [-0.05, 0) is 31.4 Å². The molecule has 0 saturated heterocycles. The highest BCUT2D eigenvalue weighted by atomic mass is 15.5. The fourth-order valence-corrected chi connectivity index (χ4v) is 3.51. The van der Waals surface area contributed by atoms with E-state index < -0.39 is 0 Å². The summed E-state index contributed by atoms with van der Waals surface area (Å²) in [5, 5.41) is 14.2. The Bertz CT molecular complexity index is 998. The summed E-state index contributed by atoms with van der Waals surface area (Å²) >= 11 is 0. The van der Waals surface area contributed by atoms with Crippen molar-refractivity contribution in [3.05, 3.63) is 71.8 Å². The first-order chi connectivity index (χ1) is 13.2. The lowest BCUT2D eigenvalue weighted by molar-refractivity contribution is 0.633. The van der Waals surface area contributed by atoms with Gasteiger partial charge in [-0.1, -0.05) is 53.7 Å². The predicted molar refractivity (Wildman–Crippen MR) is 105 cm³/mol. The molecule has 6 heteroatoms. The fraction of sp³-hybridized carbons (Fsp3) is 0.238. The number of aromatic amines is 1. The van der Waals surface area contributed by atoms with Crippen molar-refractivity contribution < 1.29 is 0 Å². The van der Waals surface area contributed by atoms with E-state index in [4.69, 9.17) is 4.98 Å². The molecule has 0 aliphatic heterocycles. The molecule has 0 aliphatic carbocycles. The molecule has 0 aliphatic rings. The summed E-state index contributed by atoms with van der Waals surface area (Å²) < 4.78 is 2.25. The number of hydrogen-bond donors (Lipinski definition) is 1. The number of imidazole rings is 1. The van der Waals surface area contributed by atoms with E-state index in [9.17, 15) is 0 Å². The largest absolute Gasteiger partial charge is 0.330 e. The second-order valence-electron chi connectivity index (χ2n) is 6.70. The minimum absolute atomic E-state index is 0.743. The zero-order chi connectivity index (χ0) is 18.6. The van der Waals surface area contributed by atoms with Crippen molar-refractivity contribution >= 4 is 0 Å². The highest BCUT2D eigenvalue weighted by Gasteiger charge is 2.18. The Labute approximate surface area is 158 Å². The molecule has 2 heterocycles. The molecule has 0 spiro atoms. The van der Waals surface area contributed by atoms with E-state index in [0.29, 0.717) is 0 Å². The summed E-state index contributed by atoms with van der Waals surface area (Å²) in [7, 11) is 0. The van der Waals surface area contributed by atoms with Crippen molar-refractivity contribution in [2.75, 3.05) is 0 Å². The lowest BCUT2D eigenvalue weighted by Crippen LogP contribution is -2.03. The van der Waals surface area contributed by atoms with Gasteiger partial charge in [0.25, 0.3) is 0 Å². The maximum absolute atomic E-state index is 4.77. The second-order valence-corrected chi connectivity index (χ2v) is 6.70. The van der Waals surface area contributed by atoms with Crippen LogP contribution in [0.5, 0.6) is 0 Å². The van der Waals surface area contributed by atoms with Gasteiger partial charge in [0.15, 0.2) is 5.82 Å². The Kier molecular flexibility index (Phi) is 4.78. The van der Waals surface area contributed by atoms with Crippen LogP contribution in [0.3, 0.4) is 0 Å². The van der Waals surface area contributed by atoms with Gasteiger partial charge >= 0.3 is 0 Å². The summed E-state index contributed by atoms with van der Waals surface area (Å²) in [5.74, 6) is 0.743. The van der Waals surface area contributed by atoms with Crippen LogP contribution in [-0.4, -0.2) is 30.2 Å². The third-order valence-electron chi connectivity index (χ3n) is 4.79. The molecule has 4 aromatic rings. The average molecular weight is 358 g/mol. The van der Waals surface area contributed by atoms with E-state index in [1.165, 1.54) is 22.4 Å². The van der Waals surface area contributed by atoms with E-state index >= 15 is 0 Å². The van der Waals surface area contributed by atoms with Crippen LogP contribution in [0, 0.1) is 13.8 Å². The van der Waals surface area contributed by atoms with Gasteiger partial charge in [0, 0.05) is 24.1 Å². The normalized spacial score (nSPS) is 11.0. The molecule has 4 rings (SSSR count). The molecule has 0 radical (unpaired) electrons. The first-order valence-electron chi connectivity index (χ1n) is 9.13. The van der Waals surface area contributed by atoms with E-state index in [0.717, 1.165) is 36.5 Å². The van der Waals surface area contributed by atoms with Gasteiger partial charge in [0.1, 0.15) is 0 Å². The van der Waals surface area contributed by atoms with Gasteiger partial charge in [-0.25, -0.2) is 4.98 Å². The van der Waals surface area contributed by atoms with E-state index in [1.54, 1.807) is 0 Å². The van der Waals surface area contributed by atoms with Crippen LogP contribution in [-0.2, 0) is 13.0 Å². The number of H-pyrrole nitrogens is 1. The Hall–Kier alpha value is -3.28. The van der Waals surface area contributed by atoms with E-state index in [1.807, 2.05) is 12.4 Å². The molecule has 0 fully saturated rings. The van der Waals surface area contributed by atoms with Crippen LogP contribution in [0.15, 0.2) is 54.9 Å². The molecule has 6 nitrogen and oxygen atoms in total. The number of nitrogens with zero attached hydrogens (tertiary/aromatic N) is 5. The van der Waals surface area contributed by atoms with Crippen molar-refractivity contribution in [2.45, 2.75) is 33.2 Å². The third kappa shape index (κ3) is 3.51. The Morgan fingerprint density at radius 1 is 0.963 bits per heavy atom. The van der Waals surface area contributed by atoms with Crippen LogP contribution in [0.25, 0.3) is 22.5 Å². The Morgan fingerprint density at radius 3 is 2.44 bits per heavy atom. The first kappa shape index (κ1) is 17.1. The molecular weight excluding hydrogens is 336 g/mol. The van der Waals surface area contributed by atoms with Gasteiger partial charge in [0.2, 0.25) is 0 Å². The molecule has 1 N–H and O–H groups in total. The molecule has 2 aromatic carbocycles. The molecular formula is C21H22N6. The first-order valence-corrected chi connectivity index (χ1v) is 9.13. The molecule has 136 valence electrons.